The number of thioether (sulfide) groups is 1. The highest BCUT2D eigenvalue weighted by Gasteiger charge is 2.15. The summed E-state index contributed by atoms with van der Waals surface area (Å²) in [6.45, 7) is 2.28. The number of hydrogen-bond acceptors (Lipinski definition) is 4. The molecule has 0 fully saturated rings. The second kappa shape index (κ2) is 9.16. The molecule has 0 amide bonds. The van der Waals surface area contributed by atoms with Crippen LogP contribution in [-0.2, 0) is 4.74 Å². The zero-order chi connectivity index (χ0) is 16.5. The Morgan fingerprint density at radius 2 is 1.52 bits per heavy atom. The van der Waals surface area contributed by atoms with Gasteiger partial charge in [-0.2, -0.15) is 11.8 Å². The van der Waals surface area contributed by atoms with Crippen molar-refractivity contribution < 1.29 is 14.3 Å². The van der Waals surface area contributed by atoms with Crippen molar-refractivity contribution >= 4 is 23.5 Å². The predicted molar refractivity (Wildman–Crippen MR) is 94.0 cm³/mol. The summed E-state index contributed by atoms with van der Waals surface area (Å²) in [5.41, 5.74) is 1.30. The van der Waals surface area contributed by atoms with Gasteiger partial charge in [0.15, 0.2) is 5.78 Å². The number of hydrogen-bond donors (Lipinski definition) is 0. The van der Waals surface area contributed by atoms with Crippen LogP contribution in [0.4, 0.5) is 0 Å². The molecule has 0 saturated carbocycles. The van der Waals surface area contributed by atoms with Gasteiger partial charge in [-0.15, -0.1) is 0 Å². The molecular formula is C19H20O3S. The molecule has 0 aromatic heterocycles. The first kappa shape index (κ1) is 17.3. The normalized spacial score (nSPS) is 11.7. The number of carbonyl (C=O) groups excluding carboxylic acids is 2. The minimum absolute atomic E-state index is 0.0952. The van der Waals surface area contributed by atoms with Crippen molar-refractivity contribution in [1.29, 1.82) is 0 Å². The van der Waals surface area contributed by atoms with Crippen molar-refractivity contribution in [3.8, 4) is 0 Å². The summed E-state index contributed by atoms with van der Waals surface area (Å²) >= 11 is 1.59. The number of ketones is 1. The first-order valence-electron chi connectivity index (χ1n) is 7.61. The lowest BCUT2D eigenvalue weighted by molar-refractivity contribution is 0.0506. The minimum atomic E-state index is -0.302. The number of ether oxygens (including phenoxy) is 1. The predicted octanol–water partition coefficient (Wildman–Crippen LogP) is 4.24. The molecular weight excluding hydrogens is 308 g/mol. The van der Waals surface area contributed by atoms with Gasteiger partial charge in [0.05, 0.1) is 17.4 Å². The van der Waals surface area contributed by atoms with E-state index in [2.05, 4.69) is 0 Å². The van der Waals surface area contributed by atoms with Crippen molar-refractivity contribution in [2.24, 2.45) is 0 Å². The van der Waals surface area contributed by atoms with Crippen molar-refractivity contribution in [2.45, 2.75) is 18.6 Å². The first-order valence-corrected chi connectivity index (χ1v) is 8.66. The second-order valence-electron chi connectivity index (χ2n) is 5.10. The third-order valence-corrected chi connectivity index (χ3v) is 4.57. The largest absolute Gasteiger partial charge is 0.462 e. The summed E-state index contributed by atoms with van der Waals surface area (Å²) in [7, 11) is 0. The molecule has 4 heteroatoms. The van der Waals surface area contributed by atoms with E-state index in [1.54, 1.807) is 23.9 Å². The molecule has 2 aromatic carbocycles. The van der Waals surface area contributed by atoms with Crippen LogP contribution in [-0.4, -0.2) is 29.4 Å². The summed E-state index contributed by atoms with van der Waals surface area (Å²) in [5.74, 6) is 0.614. The van der Waals surface area contributed by atoms with Gasteiger partial charge in [-0.05, 0) is 31.2 Å². The van der Waals surface area contributed by atoms with Crippen LogP contribution in [0, 0.1) is 0 Å². The molecule has 2 rings (SSSR count). The van der Waals surface area contributed by atoms with Gasteiger partial charge in [0.1, 0.15) is 0 Å². The van der Waals surface area contributed by atoms with Crippen LogP contribution in [0.25, 0.3) is 0 Å². The highest BCUT2D eigenvalue weighted by atomic mass is 32.2. The molecule has 1 unspecified atom stereocenters. The Morgan fingerprint density at radius 1 is 0.957 bits per heavy atom. The lowest BCUT2D eigenvalue weighted by atomic mass is 10.1. The van der Waals surface area contributed by atoms with E-state index in [9.17, 15) is 9.59 Å². The summed E-state index contributed by atoms with van der Waals surface area (Å²) in [5, 5.41) is -0.0952. The molecule has 0 spiro atoms. The molecule has 1 atom stereocenters. The Kier molecular flexibility index (Phi) is 6.88. The zero-order valence-corrected chi connectivity index (χ0v) is 13.9. The minimum Gasteiger partial charge on any atom is -0.462 e. The quantitative estimate of drug-likeness (QED) is 0.413. The van der Waals surface area contributed by atoms with Gasteiger partial charge < -0.3 is 4.74 Å². The molecule has 2 aromatic rings. The number of rotatable bonds is 8. The molecule has 0 N–H and O–H groups in total. The van der Waals surface area contributed by atoms with Gasteiger partial charge in [-0.1, -0.05) is 48.5 Å². The molecule has 0 radical (unpaired) electrons. The maximum atomic E-state index is 12.2. The Morgan fingerprint density at radius 3 is 2.13 bits per heavy atom. The molecule has 3 nitrogen and oxygen atoms in total. The number of benzene rings is 2. The van der Waals surface area contributed by atoms with E-state index in [1.165, 1.54) is 0 Å². The lowest BCUT2D eigenvalue weighted by Gasteiger charge is -2.10. The molecule has 0 aliphatic carbocycles. The highest BCUT2D eigenvalue weighted by Crippen LogP contribution is 2.17. The Balaban J connectivity index is 1.65. The van der Waals surface area contributed by atoms with Crippen LogP contribution in [0.3, 0.4) is 0 Å². The van der Waals surface area contributed by atoms with Gasteiger partial charge >= 0.3 is 5.97 Å². The highest BCUT2D eigenvalue weighted by molar-refractivity contribution is 8.00. The topological polar surface area (TPSA) is 43.4 Å². The van der Waals surface area contributed by atoms with E-state index in [4.69, 9.17) is 4.74 Å². The average Bonchev–Trinajstić information content (AvgIpc) is 2.62. The Labute approximate surface area is 141 Å². The fourth-order valence-electron chi connectivity index (χ4n) is 2.05. The van der Waals surface area contributed by atoms with E-state index in [0.29, 0.717) is 12.2 Å². The van der Waals surface area contributed by atoms with Crippen LogP contribution >= 0.6 is 11.8 Å². The van der Waals surface area contributed by atoms with E-state index < -0.39 is 0 Å². The maximum absolute atomic E-state index is 12.2. The average molecular weight is 328 g/mol. The van der Waals surface area contributed by atoms with Gasteiger partial charge in [-0.25, -0.2) is 4.79 Å². The monoisotopic (exact) mass is 328 g/mol. The molecule has 23 heavy (non-hydrogen) atoms. The van der Waals surface area contributed by atoms with Gasteiger partial charge in [0, 0.05) is 5.56 Å². The van der Waals surface area contributed by atoms with Crippen LogP contribution in [0.5, 0.6) is 0 Å². The van der Waals surface area contributed by atoms with Gasteiger partial charge in [0.25, 0.3) is 0 Å². The maximum Gasteiger partial charge on any atom is 0.338 e. The smallest absolute Gasteiger partial charge is 0.338 e. The van der Waals surface area contributed by atoms with E-state index in [-0.39, 0.29) is 17.0 Å². The van der Waals surface area contributed by atoms with E-state index in [0.717, 1.165) is 17.7 Å². The van der Waals surface area contributed by atoms with Crippen molar-refractivity contribution in [2.75, 3.05) is 12.4 Å². The SMILES string of the molecule is CC(SCCCOC(=O)c1ccccc1)C(=O)c1ccccc1. The zero-order valence-electron chi connectivity index (χ0n) is 13.1. The fraction of sp³-hybridized carbons (Fsp3) is 0.263. The van der Waals surface area contributed by atoms with Gasteiger partial charge in [-0.3, -0.25) is 4.79 Å². The number of esters is 1. The van der Waals surface area contributed by atoms with Crippen molar-refractivity contribution in [1.82, 2.24) is 0 Å². The first-order chi connectivity index (χ1) is 11.2. The Bertz CT molecular complexity index is 626. The molecule has 0 aliphatic heterocycles. The summed E-state index contributed by atoms with van der Waals surface area (Å²) in [4.78, 5) is 23.9. The van der Waals surface area contributed by atoms with Crippen LogP contribution in [0.2, 0.25) is 0 Å². The number of Topliss-reactive ketones (excluding diaryl/α,β-unsaturated/α-hetero) is 1. The van der Waals surface area contributed by atoms with Crippen molar-refractivity contribution in [3.05, 3.63) is 71.8 Å². The third-order valence-electron chi connectivity index (χ3n) is 3.33. The summed E-state index contributed by atoms with van der Waals surface area (Å²) in [6, 6.07) is 18.2. The summed E-state index contributed by atoms with van der Waals surface area (Å²) in [6.07, 6.45) is 0.732. The second-order valence-corrected chi connectivity index (χ2v) is 6.55. The molecule has 0 bridgehead atoms. The molecule has 0 aliphatic rings. The summed E-state index contributed by atoms with van der Waals surface area (Å²) < 4.78 is 5.22. The molecule has 120 valence electrons. The van der Waals surface area contributed by atoms with Crippen molar-refractivity contribution in [3.63, 3.8) is 0 Å². The fourth-order valence-corrected chi connectivity index (χ4v) is 2.98. The Hall–Kier alpha value is -2.07. The van der Waals surface area contributed by atoms with Crippen LogP contribution in [0.1, 0.15) is 34.1 Å². The van der Waals surface area contributed by atoms with Gasteiger partial charge in [0.2, 0.25) is 0 Å². The molecule has 0 heterocycles. The van der Waals surface area contributed by atoms with Crippen LogP contribution < -0.4 is 0 Å². The lowest BCUT2D eigenvalue weighted by Crippen LogP contribution is -2.14. The van der Waals surface area contributed by atoms with Crippen LogP contribution in [0.15, 0.2) is 60.7 Å². The third kappa shape index (κ3) is 5.57. The van der Waals surface area contributed by atoms with E-state index in [1.807, 2.05) is 55.5 Å². The standard InChI is InChI=1S/C19H20O3S/c1-15(18(20)16-9-4-2-5-10-16)23-14-8-13-22-19(21)17-11-6-3-7-12-17/h2-7,9-12,15H,8,13-14H2,1H3. The number of carbonyl (C=O) groups is 2. The molecule has 0 saturated heterocycles. The van der Waals surface area contributed by atoms with E-state index >= 15 is 0 Å².